The predicted molar refractivity (Wildman–Crippen MR) is 121 cm³/mol. The molecule has 0 unspecified atom stereocenters. The van der Waals surface area contributed by atoms with Crippen LogP contribution in [-0.2, 0) is 47.4 Å². The van der Waals surface area contributed by atoms with Gasteiger partial charge in [0.2, 0.25) is 0 Å². The Balaban J connectivity index is -0.000000133. The number of aliphatic hydroxyl groups is 4. The third kappa shape index (κ3) is 53.5. The van der Waals surface area contributed by atoms with Crippen LogP contribution in [0.5, 0.6) is 0 Å². The van der Waals surface area contributed by atoms with Gasteiger partial charge in [-0.25, -0.2) is 24.0 Å². The average molecular weight is 570 g/mol. The summed E-state index contributed by atoms with van der Waals surface area (Å²) in [5.41, 5.74) is 0. The highest BCUT2D eigenvalue weighted by Crippen LogP contribution is 1.87. The van der Waals surface area contributed by atoms with E-state index < -0.39 is 37.6 Å². The molecule has 0 aliphatic heterocycles. The summed E-state index contributed by atoms with van der Waals surface area (Å²) in [7, 11) is 6.07. The van der Waals surface area contributed by atoms with Crippen LogP contribution in [0.1, 0.15) is 6.92 Å². The molecular weight excluding hydrogens is 532 g/mol. The van der Waals surface area contributed by atoms with Gasteiger partial charge in [-0.1, -0.05) is 0 Å². The minimum atomic E-state index is -0.816. The fraction of sp³-hybridized carbons (Fsp3) is 0.737. The van der Waals surface area contributed by atoms with Gasteiger partial charge in [-0.2, -0.15) is 0 Å². The van der Waals surface area contributed by atoms with Crippen LogP contribution < -0.4 is 0 Å². The third-order valence-electron chi connectivity index (χ3n) is 2.24. The minimum Gasteiger partial charge on any atom is -0.438 e. The molecule has 0 saturated carbocycles. The summed E-state index contributed by atoms with van der Waals surface area (Å²) < 4.78 is 42.7. The minimum absolute atomic E-state index is 0.0477. The molecule has 0 aliphatic carbocycles. The smallest absolute Gasteiger partial charge is 0.438 e. The maximum Gasteiger partial charge on any atom is 0.508 e. The molecule has 0 rings (SSSR count). The van der Waals surface area contributed by atoms with Crippen molar-refractivity contribution >= 4 is 30.8 Å². The molecule has 0 saturated heterocycles. The van der Waals surface area contributed by atoms with E-state index in [1.54, 1.807) is 6.92 Å². The summed E-state index contributed by atoms with van der Waals surface area (Å²) in [5.74, 6) is 0. The second-order valence-electron chi connectivity index (χ2n) is 4.69. The first-order chi connectivity index (χ1) is 18.0. The van der Waals surface area contributed by atoms with E-state index in [1.807, 2.05) is 0 Å². The number of carbonyl (C=O) groups is 5. The zero-order valence-electron chi connectivity index (χ0n) is 22.1. The molecular formula is C19H38O19. The lowest BCUT2D eigenvalue weighted by Crippen LogP contribution is -2.14. The molecule has 0 radical (unpaired) electrons. The molecule has 0 heterocycles. The molecule has 0 spiro atoms. The van der Waals surface area contributed by atoms with Crippen molar-refractivity contribution in [1.82, 2.24) is 0 Å². The van der Waals surface area contributed by atoms with Gasteiger partial charge in [0, 0.05) is 0 Å². The second kappa shape index (κ2) is 40.4. The molecule has 19 nitrogen and oxygen atoms in total. The number of carbonyl (C=O) groups excluding carboxylic acids is 5. The van der Waals surface area contributed by atoms with Crippen molar-refractivity contribution in [2.24, 2.45) is 0 Å². The van der Waals surface area contributed by atoms with Gasteiger partial charge in [0.05, 0.1) is 55.4 Å². The molecule has 19 heteroatoms. The lowest BCUT2D eigenvalue weighted by molar-refractivity contribution is 0.0262. The van der Waals surface area contributed by atoms with Crippen LogP contribution >= 0.6 is 0 Å². The molecule has 228 valence electrons. The van der Waals surface area contributed by atoms with Crippen molar-refractivity contribution in [2.45, 2.75) is 6.92 Å². The zero-order valence-corrected chi connectivity index (χ0v) is 22.1. The van der Waals surface area contributed by atoms with Gasteiger partial charge in [0.15, 0.2) is 0 Å². The molecule has 0 aromatic heterocycles. The Morgan fingerprint density at radius 3 is 0.842 bits per heavy atom. The Labute approximate surface area is 218 Å². The summed E-state index contributed by atoms with van der Waals surface area (Å²) in [4.78, 5) is 51.3. The van der Waals surface area contributed by atoms with E-state index in [4.69, 9.17) is 20.4 Å². The highest BCUT2D eigenvalue weighted by Gasteiger charge is 2.04. The van der Waals surface area contributed by atoms with Crippen molar-refractivity contribution in [1.29, 1.82) is 0 Å². The first-order valence-electron chi connectivity index (χ1n) is 10.0. The normalized spacial score (nSPS) is 8.05. The number of hydrogen-bond acceptors (Lipinski definition) is 19. The Bertz CT molecular complexity index is 528. The number of rotatable bonds is 8. The highest BCUT2D eigenvalue weighted by atomic mass is 16.8. The predicted octanol–water partition coefficient (Wildman–Crippen LogP) is -0.206. The molecule has 0 aromatic rings. The van der Waals surface area contributed by atoms with Gasteiger partial charge in [-0.15, -0.1) is 0 Å². The molecule has 38 heavy (non-hydrogen) atoms. The Kier molecular flexibility index (Phi) is 47.0. The summed E-state index contributed by atoms with van der Waals surface area (Å²) >= 11 is 0. The highest BCUT2D eigenvalue weighted by molar-refractivity contribution is 5.61. The van der Waals surface area contributed by atoms with E-state index in [0.29, 0.717) is 0 Å². The molecule has 0 amide bonds. The van der Waals surface area contributed by atoms with Crippen LogP contribution in [0.2, 0.25) is 0 Å². The van der Waals surface area contributed by atoms with Crippen LogP contribution in [0.15, 0.2) is 0 Å². The number of ether oxygens (including phenoxy) is 10. The monoisotopic (exact) mass is 570 g/mol. The van der Waals surface area contributed by atoms with Gasteiger partial charge in [-0.05, 0) is 6.92 Å². The summed E-state index contributed by atoms with van der Waals surface area (Å²) in [5, 5.41) is 29.5. The van der Waals surface area contributed by atoms with Crippen LogP contribution in [0.3, 0.4) is 0 Å². The van der Waals surface area contributed by atoms with Gasteiger partial charge in [0.25, 0.3) is 0 Å². The number of hydrogen-bond donors (Lipinski definition) is 4. The lowest BCUT2D eigenvalue weighted by atomic mass is 10.8. The Hall–Kier alpha value is -3.81. The largest absolute Gasteiger partial charge is 0.508 e. The maximum atomic E-state index is 10.5. The lowest BCUT2D eigenvalue weighted by Gasteiger charge is -2.04. The third-order valence-corrected chi connectivity index (χ3v) is 2.24. The van der Waals surface area contributed by atoms with Crippen LogP contribution in [0, 0.1) is 0 Å². The van der Waals surface area contributed by atoms with Gasteiger partial charge in [-0.3, -0.25) is 0 Å². The van der Waals surface area contributed by atoms with Gasteiger partial charge >= 0.3 is 30.8 Å². The quantitative estimate of drug-likeness (QED) is 0.127. The van der Waals surface area contributed by atoms with Crippen molar-refractivity contribution in [2.75, 3.05) is 88.6 Å². The summed E-state index contributed by atoms with van der Waals surface area (Å²) in [6.45, 7) is 0.700. The van der Waals surface area contributed by atoms with Crippen LogP contribution in [0.4, 0.5) is 24.0 Å². The molecule has 0 bridgehead atoms. The average Bonchev–Trinajstić information content (AvgIpc) is 2.93. The molecule has 0 aromatic carbocycles. The maximum absolute atomic E-state index is 10.5. The van der Waals surface area contributed by atoms with Crippen molar-refractivity contribution in [3.63, 3.8) is 0 Å². The van der Waals surface area contributed by atoms with E-state index in [2.05, 4.69) is 47.4 Å². The molecule has 4 N–H and O–H groups in total. The molecule has 0 fully saturated rings. The fourth-order valence-corrected chi connectivity index (χ4v) is 0.920. The van der Waals surface area contributed by atoms with E-state index >= 15 is 0 Å². The number of methoxy groups -OCH3 is 5. The van der Waals surface area contributed by atoms with Crippen LogP contribution in [0.25, 0.3) is 0 Å². The molecule has 0 aliphatic rings. The summed E-state index contributed by atoms with van der Waals surface area (Å²) in [6, 6.07) is 0. The van der Waals surface area contributed by atoms with E-state index in [1.165, 1.54) is 35.5 Å². The van der Waals surface area contributed by atoms with Gasteiger partial charge in [0.1, 0.15) is 33.2 Å². The standard InChI is InChI=1S/C7H12O6.C6H10O6.C3H6O3.C2H6O2.CH4O2/c1-3-11-7(9)13-5-4-12-6(8)10-2;1-9-5(7)11-3-4-12-6(8)10-2;1-5-3(4)6-2;3-1-2-4;2-1-3/h3-5H2,1-2H3;3-4H2,1-2H3;1-2H3;3-4H,1-2H2;2-3H,1H2. The fourth-order valence-electron chi connectivity index (χ4n) is 0.920. The van der Waals surface area contributed by atoms with E-state index in [9.17, 15) is 24.0 Å². The second-order valence-corrected chi connectivity index (χ2v) is 4.69. The van der Waals surface area contributed by atoms with E-state index in [0.717, 1.165) is 0 Å². The summed E-state index contributed by atoms with van der Waals surface area (Å²) in [6.07, 6.45) is -3.88. The SMILES string of the molecule is CCOC(=O)OCCOC(=O)OC.COC(=O)OC.COC(=O)OCCOC(=O)OC.OCCO.OCO. The first kappa shape index (κ1) is 44.2. The van der Waals surface area contributed by atoms with Crippen LogP contribution in [-0.4, -0.2) is 140 Å². The zero-order chi connectivity index (χ0) is 30.6. The van der Waals surface area contributed by atoms with Crippen molar-refractivity contribution in [3.8, 4) is 0 Å². The van der Waals surface area contributed by atoms with Gasteiger partial charge < -0.3 is 67.8 Å². The Morgan fingerprint density at radius 1 is 0.447 bits per heavy atom. The molecule has 0 atom stereocenters. The number of aliphatic hydroxyl groups excluding tert-OH is 3. The first-order valence-corrected chi connectivity index (χ1v) is 10.0. The topological polar surface area (TPSA) is 259 Å². The van der Waals surface area contributed by atoms with Crippen molar-refractivity contribution < 1.29 is 91.8 Å². The van der Waals surface area contributed by atoms with Crippen molar-refractivity contribution in [3.05, 3.63) is 0 Å². The van der Waals surface area contributed by atoms with E-state index in [-0.39, 0.29) is 46.2 Å². The Morgan fingerprint density at radius 2 is 0.684 bits per heavy atom.